The minimum Gasteiger partial charge on any atom is -0.380 e. The van der Waals surface area contributed by atoms with Crippen LogP contribution in [0.1, 0.15) is 40.0 Å². The molecule has 1 aromatic rings. The molecule has 3 heteroatoms. The van der Waals surface area contributed by atoms with E-state index in [-0.39, 0.29) is 0 Å². The van der Waals surface area contributed by atoms with Crippen LogP contribution in [0.4, 0.5) is 5.69 Å². The van der Waals surface area contributed by atoms with Gasteiger partial charge in [-0.05, 0) is 38.0 Å². The highest BCUT2D eigenvalue weighted by atomic mass is 15.3. The molecular formula is C13H23N3. The van der Waals surface area contributed by atoms with Crippen LogP contribution in [-0.2, 0) is 6.54 Å². The van der Waals surface area contributed by atoms with Crippen molar-refractivity contribution in [2.24, 2.45) is 11.8 Å². The molecule has 1 N–H and O–H groups in total. The summed E-state index contributed by atoms with van der Waals surface area (Å²) in [6, 6.07) is 0.630. The molecule has 1 aliphatic rings. The quantitative estimate of drug-likeness (QED) is 0.849. The van der Waals surface area contributed by atoms with Gasteiger partial charge in [-0.2, -0.15) is 5.10 Å². The van der Waals surface area contributed by atoms with E-state index in [9.17, 15) is 0 Å². The molecule has 0 bridgehead atoms. The van der Waals surface area contributed by atoms with Crippen LogP contribution in [0.25, 0.3) is 0 Å². The van der Waals surface area contributed by atoms with E-state index in [1.54, 1.807) is 0 Å². The monoisotopic (exact) mass is 221 g/mol. The van der Waals surface area contributed by atoms with Crippen molar-refractivity contribution in [1.82, 2.24) is 9.78 Å². The van der Waals surface area contributed by atoms with Crippen LogP contribution in [0, 0.1) is 11.8 Å². The fraction of sp³-hybridized carbons (Fsp3) is 0.769. The second-order valence-electron chi connectivity index (χ2n) is 5.23. The molecule has 1 aromatic heterocycles. The zero-order chi connectivity index (χ0) is 11.5. The van der Waals surface area contributed by atoms with E-state index in [0.29, 0.717) is 6.04 Å². The first-order chi connectivity index (χ1) is 7.69. The Morgan fingerprint density at radius 1 is 1.44 bits per heavy atom. The van der Waals surface area contributed by atoms with E-state index in [0.717, 1.165) is 18.4 Å². The van der Waals surface area contributed by atoms with E-state index in [1.807, 2.05) is 10.9 Å². The van der Waals surface area contributed by atoms with E-state index < -0.39 is 0 Å². The zero-order valence-corrected chi connectivity index (χ0v) is 10.6. The Morgan fingerprint density at radius 3 is 2.88 bits per heavy atom. The zero-order valence-electron chi connectivity index (χ0n) is 10.6. The lowest BCUT2D eigenvalue weighted by atomic mass is 9.80. The molecule has 1 heterocycles. The normalized spacial score (nSPS) is 30.3. The summed E-state index contributed by atoms with van der Waals surface area (Å²) >= 11 is 0. The fourth-order valence-corrected chi connectivity index (χ4v) is 2.70. The molecule has 90 valence electrons. The Kier molecular flexibility index (Phi) is 3.52. The van der Waals surface area contributed by atoms with Gasteiger partial charge in [0, 0.05) is 18.8 Å². The van der Waals surface area contributed by atoms with Crippen molar-refractivity contribution in [3.63, 3.8) is 0 Å². The van der Waals surface area contributed by atoms with Crippen LogP contribution in [0.2, 0.25) is 0 Å². The van der Waals surface area contributed by atoms with Gasteiger partial charge in [-0.15, -0.1) is 0 Å². The largest absolute Gasteiger partial charge is 0.380 e. The molecule has 2 rings (SSSR count). The van der Waals surface area contributed by atoms with Crippen LogP contribution in [0.3, 0.4) is 0 Å². The van der Waals surface area contributed by atoms with Gasteiger partial charge in [-0.3, -0.25) is 4.68 Å². The Morgan fingerprint density at radius 2 is 2.25 bits per heavy atom. The van der Waals surface area contributed by atoms with Crippen molar-refractivity contribution in [3.8, 4) is 0 Å². The molecule has 0 aliphatic heterocycles. The maximum absolute atomic E-state index is 4.29. The molecule has 1 aliphatic carbocycles. The summed E-state index contributed by atoms with van der Waals surface area (Å²) in [7, 11) is 0. The minimum absolute atomic E-state index is 0.630. The average molecular weight is 221 g/mol. The van der Waals surface area contributed by atoms with Gasteiger partial charge in [0.15, 0.2) is 0 Å². The summed E-state index contributed by atoms with van der Waals surface area (Å²) in [4.78, 5) is 0. The number of hydrogen-bond acceptors (Lipinski definition) is 2. The third-order valence-corrected chi connectivity index (χ3v) is 3.74. The minimum atomic E-state index is 0.630. The number of nitrogens with zero attached hydrogens (tertiary/aromatic N) is 2. The van der Waals surface area contributed by atoms with Gasteiger partial charge >= 0.3 is 0 Å². The molecule has 0 radical (unpaired) electrons. The maximum Gasteiger partial charge on any atom is 0.0728 e. The van der Waals surface area contributed by atoms with Gasteiger partial charge in [0.2, 0.25) is 0 Å². The van der Waals surface area contributed by atoms with Crippen molar-refractivity contribution < 1.29 is 0 Å². The van der Waals surface area contributed by atoms with Gasteiger partial charge in [-0.1, -0.05) is 13.8 Å². The number of anilines is 1. The summed E-state index contributed by atoms with van der Waals surface area (Å²) in [5, 5.41) is 7.92. The molecular weight excluding hydrogens is 198 g/mol. The number of hydrogen-bond donors (Lipinski definition) is 1. The molecule has 3 atom stereocenters. The highest BCUT2D eigenvalue weighted by Crippen LogP contribution is 2.30. The summed E-state index contributed by atoms with van der Waals surface area (Å²) < 4.78 is 1.97. The van der Waals surface area contributed by atoms with Gasteiger partial charge < -0.3 is 5.32 Å². The first-order valence-electron chi connectivity index (χ1n) is 6.48. The highest BCUT2D eigenvalue weighted by molar-refractivity contribution is 5.39. The number of aromatic nitrogens is 2. The molecule has 1 fully saturated rings. The number of nitrogens with one attached hydrogen (secondary N) is 1. The lowest BCUT2D eigenvalue weighted by Gasteiger charge is -2.33. The SMILES string of the molecule is CCn1cc(NC2CCC(C)CC2C)cn1. The summed E-state index contributed by atoms with van der Waals surface area (Å²) in [5.41, 5.74) is 1.17. The average Bonchev–Trinajstić information content (AvgIpc) is 2.70. The Labute approximate surface area is 98.2 Å². The first kappa shape index (κ1) is 11.5. The van der Waals surface area contributed by atoms with Gasteiger partial charge in [-0.25, -0.2) is 0 Å². The second-order valence-corrected chi connectivity index (χ2v) is 5.23. The Balaban J connectivity index is 1.93. The second kappa shape index (κ2) is 4.89. The summed E-state index contributed by atoms with van der Waals surface area (Å²) in [6.45, 7) is 7.78. The van der Waals surface area contributed by atoms with E-state index in [2.05, 4.69) is 37.4 Å². The lowest BCUT2D eigenvalue weighted by Crippen LogP contribution is -2.32. The third kappa shape index (κ3) is 2.57. The van der Waals surface area contributed by atoms with Gasteiger partial charge in [0.05, 0.1) is 11.9 Å². The lowest BCUT2D eigenvalue weighted by molar-refractivity contribution is 0.276. The number of rotatable bonds is 3. The molecule has 0 spiro atoms. The van der Waals surface area contributed by atoms with Crippen LogP contribution in [0.15, 0.2) is 12.4 Å². The smallest absolute Gasteiger partial charge is 0.0728 e. The Hall–Kier alpha value is -0.990. The van der Waals surface area contributed by atoms with Crippen molar-refractivity contribution in [1.29, 1.82) is 0 Å². The predicted molar refractivity (Wildman–Crippen MR) is 67.5 cm³/mol. The van der Waals surface area contributed by atoms with Crippen LogP contribution in [-0.4, -0.2) is 15.8 Å². The van der Waals surface area contributed by atoms with E-state index in [4.69, 9.17) is 0 Å². The highest BCUT2D eigenvalue weighted by Gasteiger charge is 2.25. The van der Waals surface area contributed by atoms with Crippen molar-refractivity contribution in [2.45, 2.75) is 52.6 Å². The topological polar surface area (TPSA) is 29.9 Å². The maximum atomic E-state index is 4.29. The molecule has 3 nitrogen and oxygen atoms in total. The molecule has 3 unspecified atom stereocenters. The van der Waals surface area contributed by atoms with E-state index >= 15 is 0 Å². The standard InChI is InChI=1S/C13H23N3/c1-4-16-9-12(8-14-16)15-13-6-5-10(2)7-11(13)3/h8-11,13,15H,4-7H2,1-3H3. The van der Waals surface area contributed by atoms with Gasteiger partial charge in [0.1, 0.15) is 0 Å². The van der Waals surface area contributed by atoms with Crippen LogP contribution < -0.4 is 5.32 Å². The molecule has 16 heavy (non-hydrogen) atoms. The fourth-order valence-electron chi connectivity index (χ4n) is 2.70. The summed E-state index contributed by atoms with van der Waals surface area (Å²) in [5.74, 6) is 1.67. The Bertz CT molecular complexity index is 332. The molecule has 0 aromatic carbocycles. The van der Waals surface area contributed by atoms with Crippen LogP contribution >= 0.6 is 0 Å². The molecule has 0 saturated heterocycles. The van der Waals surface area contributed by atoms with Crippen LogP contribution in [0.5, 0.6) is 0 Å². The molecule has 1 saturated carbocycles. The number of aryl methyl sites for hydroxylation is 1. The third-order valence-electron chi connectivity index (χ3n) is 3.74. The van der Waals surface area contributed by atoms with E-state index in [1.165, 1.54) is 24.9 Å². The van der Waals surface area contributed by atoms with Crippen molar-refractivity contribution >= 4 is 5.69 Å². The van der Waals surface area contributed by atoms with Crippen molar-refractivity contribution in [2.75, 3.05) is 5.32 Å². The predicted octanol–water partition coefficient (Wildman–Crippen LogP) is 3.14. The summed E-state index contributed by atoms with van der Waals surface area (Å²) in [6.07, 6.45) is 8.03. The first-order valence-corrected chi connectivity index (χ1v) is 6.48. The van der Waals surface area contributed by atoms with Gasteiger partial charge in [0.25, 0.3) is 0 Å². The van der Waals surface area contributed by atoms with Crippen molar-refractivity contribution in [3.05, 3.63) is 12.4 Å². The molecule has 0 amide bonds.